The Balaban J connectivity index is 1.40. The Bertz CT molecular complexity index is 1130. The Hall–Kier alpha value is -3.71. The molecule has 1 fully saturated rings. The highest BCUT2D eigenvalue weighted by Crippen LogP contribution is 2.30. The molecule has 0 atom stereocenters. The van der Waals surface area contributed by atoms with Crippen molar-refractivity contribution < 1.29 is 23.7 Å². The van der Waals surface area contributed by atoms with Gasteiger partial charge in [-0.25, -0.2) is 0 Å². The van der Waals surface area contributed by atoms with Gasteiger partial charge in [-0.05, 0) is 92.5 Å². The van der Waals surface area contributed by atoms with Crippen LogP contribution in [-0.2, 0) is 13.2 Å². The topological polar surface area (TPSA) is 69.3 Å². The maximum absolute atomic E-state index is 12.8. The van der Waals surface area contributed by atoms with Gasteiger partial charge < -0.3 is 29.2 Å². The first-order valence-electron chi connectivity index (χ1n) is 12.8. The molecule has 7 heteroatoms. The van der Waals surface area contributed by atoms with Gasteiger partial charge in [0, 0.05) is 12.1 Å². The molecule has 1 saturated heterocycles. The Morgan fingerprint density at radius 3 is 1.92 bits per heavy atom. The average Bonchev–Trinajstić information content (AvgIpc) is 3.47. The number of hydrogen-bond acceptors (Lipinski definition) is 6. The molecule has 4 rings (SSSR count). The Morgan fingerprint density at radius 1 is 0.784 bits per heavy atom. The van der Waals surface area contributed by atoms with Crippen LogP contribution in [0, 0.1) is 0 Å². The van der Waals surface area contributed by atoms with E-state index in [1.54, 1.807) is 32.4 Å². The normalized spacial score (nSPS) is 13.2. The van der Waals surface area contributed by atoms with Crippen LogP contribution < -0.4 is 24.3 Å². The van der Waals surface area contributed by atoms with Crippen molar-refractivity contribution in [3.63, 3.8) is 0 Å². The first kappa shape index (κ1) is 26.4. The number of amides is 1. The molecule has 196 valence electrons. The van der Waals surface area contributed by atoms with Crippen LogP contribution in [0.4, 0.5) is 0 Å². The predicted octanol–water partition coefficient (Wildman–Crippen LogP) is 5.08. The standard InChI is InChI=1S/C30H36N2O5/c1-34-26-11-6-23(7-12-26)21-36-28-15-10-25(30(33)31-16-5-19-32-17-3-4-18-32)20-29(28)37-22-24-8-13-27(35-2)14-9-24/h6-15,20H,3-5,16-19,21-22H2,1-2H3,(H,31,33). The minimum Gasteiger partial charge on any atom is -0.497 e. The van der Waals surface area contributed by atoms with Crippen LogP contribution in [0.1, 0.15) is 40.7 Å². The SMILES string of the molecule is COc1ccc(COc2ccc(C(=O)NCCCN3CCCC3)cc2OCc2ccc(OC)cc2)cc1. The van der Waals surface area contributed by atoms with E-state index in [0.29, 0.717) is 36.8 Å². The summed E-state index contributed by atoms with van der Waals surface area (Å²) in [6.45, 7) is 4.71. The van der Waals surface area contributed by atoms with Gasteiger partial charge in [-0.1, -0.05) is 24.3 Å². The van der Waals surface area contributed by atoms with Crippen molar-refractivity contribution in [2.45, 2.75) is 32.5 Å². The quantitative estimate of drug-likeness (QED) is 0.328. The Morgan fingerprint density at radius 2 is 1.35 bits per heavy atom. The van der Waals surface area contributed by atoms with E-state index >= 15 is 0 Å². The van der Waals surface area contributed by atoms with Gasteiger partial charge in [-0.15, -0.1) is 0 Å². The Kier molecular flexibility index (Phi) is 9.66. The van der Waals surface area contributed by atoms with Crippen LogP contribution in [0.15, 0.2) is 66.7 Å². The second kappa shape index (κ2) is 13.6. The summed E-state index contributed by atoms with van der Waals surface area (Å²) in [7, 11) is 3.28. The van der Waals surface area contributed by atoms with Crippen LogP contribution in [0.5, 0.6) is 23.0 Å². The number of methoxy groups -OCH3 is 2. The maximum atomic E-state index is 12.8. The first-order valence-corrected chi connectivity index (χ1v) is 12.8. The smallest absolute Gasteiger partial charge is 0.251 e. The Labute approximate surface area is 219 Å². The number of carbonyl (C=O) groups excluding carboxylic acids is 1. The molecule has 7 nitrogen and oxygen atoms in total. The fraction of sp³-hybridized carbons (Fsp3) is 0.367. The third kappa shape index (κ3) is 7.89. The van der Waals surface area contributed by atoms with E-state index in [1.807, 2.05) is 48.5 Å². The number of benzene rings is 3. The molecule has 3 aromatic carbocycles. The van der Waals surface area contributed by atoms with E-state index in [9.17, 15) is 4.79 Å². The van der Waals surface area contributed by atoms with Crippen molar-refractivity contribution >= 4 is 5.91 Å². The fourth-order valence-electron chi connectivity index (χ4n) is 4.26. The van der Waals surface area contributed by atoms with Crippen molar-refractivity contribution in [2.24, 2.45) is 0 Å². The number of nitrogens with one attached hydrogen (secondary N) is 1. The number of nitrogens with zero attached hydrogens (tertiary/aromatic N) is 1. The number of carbonyl (C=O) groups is 1. The van der Waals surface area contributed by atoms with E-state index in [-0.39, 0.29) is 5.91 Å². The van der Waals surface area contributed by atoms with Gasteiger partial charge >= 0.3 is 0 Å². The lowest BCUT2D eigenvalue weighted by molar-refractivity contribution is 0.0951. The molecule has 37 heavy (non-hydrogen) atoms. The summed E-state index contributed by atoms with van der Waals surface area (Å²) in [4.78, 5) is 15.3. The summed E-state index contributed by atoms with van der Waals surface area (Å²) >= 11 is 0. The van der Waals surface area contributed by atoms with Crippen LogP contribution in [0.2, 0.25) is 0 Å². The number of ether oxygens (including phenoxy) is 4. The molecular formula is C30H36N2O5. The van der Waals surface area contributed by atoms with Crippen molar-refractivity contribution in [3.8, 4) is 23.0 Å². The molecule has 0 unspecified atom stereocenters. The van der Waals surface area contributed by atoms with E-state index in [2.05, 4.69) is 10.2 Å². The fourth-order valence-corrected chi connectivity index (χ4v) is 4.26. The highest BCUT2D eigenvalue weighted by atomic mass is 16.5. The molecule has 1 aliphatic heterocycles. The molecule has 3 aromatic rings. The van der Waals surface area contributed by atoms with Gasteiger partial charge in [0.2, 0.25) is 0 Å². The first-order chi connectivity index (χ1) is 18.1. The summed E-state index contributed by atoms with van der Waals surface area (Å²) in [6.07, 6.45) is 3.49. The number of hydrogen-bond donors (Lipinski definition) is 1. The van der Waals surface area contributed by atoms with Crippen LogP contribution in [-0.4, -0.2) is 51.2 Å². The van der Waals surface area contributed by atoms with Gasteiger partial charge in [0.05, 0.1) is 14.2 Å². The summed E-state index contributed by atoms with van der Waals surface area (Å²) < 4.78 is 22.7. The predicted molar refractivity (Wildman–Crippen MR) is 144 cm³/mol. The zero-order valence-corrected chi connectivity index (χ0v) is 21.7. The molecule has 0 aliphatic carbocycles. The molecule has 1 heterocycles. The summed E-state index contributed by atoms with van der Waals surface area (Å²) in [5.41, 5.74) is 2.53. The second-order valence-electron chi connectivity index (χ2n) is 9.09. The van der Waals surface area contributed by atoms with Crippen molar-refractivity contribution in [2.75, 3.05) is 40.4 Å². The van der Waals surface area contributed by atoms with Crippen LogP contribution in [0.25, 0.3) is 0 Å². The van der Waals surface area contributed by atoms with Crippen LogP contribution in [0.3, 0.4) is 0 Å². The van der Waals surface area contributed by atoms with Crippen molar-refractivity contribution in [1.29, 1.82) is 0 Å². The molecule has 0 saturated carbocycles. The molecule has 0 radical (unpaired) electrons. The van der Waals surface area contributed by atoms with Gasteiger partial charge in [-0.2, -0.15) is 0 Å². The molecule has 1 N–H and O–H groups in total. The molecule has 0 bridgehead atoms. The zero-order chi connectivity index (χ0) is 25.9. The molecule has 1 aliphatic rings. The number of likely N-dealkylation sites (tertiary alicyclic amines) is 1. The molecule has 0 spiro atoms. The molecule has 0 aromatic heterocycles. The van der Waals surface area contributed by atoms with E-state index in [4.69, 9.17) is 18.9 Å². The van der Waals surface area contributed by atoms with Gasteiger partial charge in [-0.3, -0.25) is 4.79 Å². The lowest BCUT2D eigenvalue weighted by atomic mass is 10.1. The number of rotatable bonds is 13. The van der Waals surface area contributed by atoms with E-state index in [1.165, 1.54) is 25.9 Å². The minimum absolute atomic E-state index is 0.113. The lowest BCUT2D eigenvalue weighted by Gasteiger charge is -2.16. The van der Waals surface area contributed by atoms with Gasteiger partial charge in [0.15, 0.2) is 11.5 Å². The monoisotopic (exact) mass is 504 g/mol. The van der Waals surface area contributed by atoms with Gasteiger partial charge in [0.1, 0.15) is 24.7 Å². The third-order valence-corrected chi connectivity index (χ3v) is 6.45. The third-order valence-electron chi connectivity index (χ3n) is 6.45. The molecule has 1 amide bonds. The highest BCUT2D eigenvalue weighted by Gasteiger charge is 2.14. The van der Waals surface area contributed by atoms with Gasteiger partial charge in [0.25, 0.3) is 5.91 Å². The summed E-state index contributed by atoms with van der Waals surface area (Å²) in [5, 5.41) is 3.04. The zero-order valence-electron chi connectivity index (χ0n) is 21.7. The van der Waals surface area contributed by atoms with E-state index < -0.39 is 0 Å². The van der Waals surface area contributed by atoms with E-state index in [0.717, 1.165) is 35.6 Å². The summed E-state index contributed by atoms with van der Waals surface area (Å²) in [6, 6.07) is 20.7. The molecular weight excluding hydrogens is 468 g/mol. The second-order valence-corrected chi connectivity index (χ2v) is 9.09. The van der Waals surface area contributed by atoms with Crippen LogP contribution >= 0.6 is 0 Å². The maximum Gasteiger partial charge on any atom is 0.251 e. The summed E-state index contributed by atoms with van der Waals surface area (Å²) in [5.74, 6) is 2.57. The lowest BCUT2D eigenvalue weighted by Crippen LogP contribution is -2.28. The average molecular weight is 505 g/mol. The largest absolute Gasteiger partial charge is 0.497 e. The van der Waals surface area contributed by atoms with Crippen molar-refractivity contribution in [1.82, 2.24) is 10.2 Å². The minimum atomic E-state index is -0.113. The van der Waals surface area contributed by atoms with Crippen molar-refractivity contribution in [3.05, 3.63) is 83.4 Å². The highest BCUT2D eigenvalue weighted by molar-refractivity contribution is 5.94.